The van der Waals surface area contributed by atoms with Gasteiger partial charge in [-0.15, -0.1) is 0 Å². The number of hydrogen-bond donors (Lipinski definition) is 3. The minimum absolute atomic E-state index is 0.0708. The van der Waals surface area contributed by atoms with Gasteiger partial charge in [0, 0.05) is 6.07 Å². The lowest BCUT2D eigenvalue weighted by atomic mass is 10.2. The number of piperidine rings is 1. The van der Waals surface area contributed by atoms with Gasteiger partial charge >= 0.3 is 0 Å². The minimum atomic E-state index is -0.284. The number of aromatic nitrogens is 2. The van der Waals surface area contributed by atoms with Gasteiger partial charge in [0.05, 0.1) is 24.3 Å². The summed E-state index contributed by atoms with van der Waals surface area (Å²) in [7, 11) is 1.44. The maximum atomic E-state index is 11.3. The molecule has 1 saturated heterocycles. The molecule has 2 heterocycles. The van der Waals surface area contributed by atoms with Gasteiger partial charge in [0.15, 0.2) is 11.5 Å². The molecule has 1 aliphatic heterocycles. The Balaban J connectivity index is 0.000000205. The third kappa shape index (κ3) is 3.48. The first kappa shape index (κ1) is 14.3. The van der Waals surface area contributed by atoms with Gasteiger partial charge in [0.25, 0.3) is 5.56 Å². The first-order chi connectivity index (χ1) is 9.72. The normalized spacial score (nSPS) is 14.4. The predicted octanol–water partition coefficient (Wildman–Crippen LogP) is 1.40. The van der Waals surface area contributed by atoms with Crippen molar-refractivity contribution >= 4 is 10.9 Å². The zero-order valence-electron chi connectivity index (χ0n) is 11.5. The summed E-state index contributed by atoms with van der Waals surface area (Å²) < 4.78 is 4.89. The zero-order valence-corrected chi connectivity index (χ0v) is 11.5. The predicted molar refractivity (Wildman–Crippen MR) is 77.3 cm³/mol. The monoisotopic (exact) mass is 277 g/mol. The molecule has 1 aliphatic rings. The molecule has 0 saturated carbocycles. The van der Waals surface area contributed by atoms with E-state index < -0.39 is 0 Å². The van der Waals surface area contributed by atoms with E-state index in [1.807, 2.05) is 0 Å². The van der Waals surface area contributed by atoms with Crippen molar-refractivity contribution in [2.75, 3.05) is 20.2 Å². The van der Waals surface area contributed by atoms with E-state index in [1.165, 1.54) is 57.9 Å². The quantitative estimate of drug-likeness (QED) is 0.733. The van der Waals surface area contributed by atoms with Gasteiger partial charge in [-0.2, -0.15) is 0 Å². The van der Waals surface area contributed by atoms with Crippen LogP contribution in [0.1, 0.15) is 19.3 Å². The topological polar surface area (TPSA) is 87.2 Å². The van der Waals surface area contributed by atoms with Gasteiger partial charge in [-0.05, 0) is 32.0 Å². The average Bonchev–Trinajstić information content (AvgIpc) is 2.50. The Morgan fingerprint density at radius 1 is 1.25 bits per heavy atom. The molecule has 0 spiro atoms. The summed E-state index contributed by atoms with van der Waals surface area (Å²) in [5.74, 6) is 0.231. The van der Waals surface area contributed by atoms with Crippen molar-refractivity contribution in [3.8, 4) is 11.5 Å². The third-order valence-corrected chi connectivity index (χ3v) is 3.15. The molecule has 3 N–H and O–H groups in total. The number of rotatable bonds is 1. The third-order valence-electron chi connectivity index (χ3n) is 3.15. The van der Waals surface area contributed by atoms with Crippen LogP contribution in [0.25, 0.3) is 10.9 Å². The fourth-order valence-electron chi connectivity index (χ4n) is 2.05. The van der Waals surface area contributed by atoms with Crippen LogP contribution in [0, 0.1) is 0 Å². The van der Waals surface area contributed by atoms with E-state index in [4.69, 9.17) is 4.74 Å². The highest BCUT2D eigenvalue weighted by Gasteiger charge is 2.06. The van der Waals surface area contributed by atoms with E-state index in [2.05, 4.69) is 15.3 Å². The van der Waals surface area contributed by atoms with E-state index in [1.54, 1.807) is 0 Å². The van der Waals surface area contributed by atoms with E-state index in [9.17, 15) is 9.90 Å². The van der Waals surface area contributed by atoms with E-state index >= 15 is 0 Å². The Morgan fingerprint density at radius 3 is 2.55 bits per heavy atom. The fourth-order valence-corrected chi connectivity index (χ4v) is 2.05. The Labute approximate surface area is 116 Å². The molecule has 108 valence electrons. The first-order valence-corrected chi connectivity index (χ1v) is 6.67. The molecular weight excluding hydrogens is 258 g/mol. The van der Waals surface area contributed by atoms with Crippen LogP contribution in [0.3, 0.4) is 0 Å². The van der Waals surface area contributed by atoms with Crippen molar-refractivity contribution in [2.24, 2.45) is 0 Å². The molecule has 2 aromatic rings. The molecule has 1 aromatic heterocycles. The molecule has 0 bridgehead atoms. The van der Waals surface area contributed by atoms with E-state index in [0.717, 1.165) is 0 Å². The average molecular weight is 277 g/mol. The van der Waals surface area contributed by atoms with Crippen LogP contribution in [0.2, 0.25) is 0 Å². The second-order valence-corrected chi connectivity index (χ2v) is 4.58. The lowest BCUT2D eigenvalue weighted by Crippen LogP contribution is -2.21. The Hall–Kier alpha value is -2.08. The van der Waals surface area contributed by atoms with Crippen molar-refractivity contribution in [1.82, 2.24) is 15.3 Å². The number of aromatic amines is 1. The molecule has 1 fully saturated rings. The Kier molecular flexibility index (Phi) is 4.95. The van der Waals surface area contributed by atoms with Crippen LogP contribution in [0.4, 0.5) is 0 Å². The number of nitrogens with one attached hydrogen (secondary N) is 2. The van der Waals surface area contributed by atoms with Crippen molar-refractivity contribution in [3.63, 3.8) is 0 Å². The van der Waals surface area contributed by atoms with Crippen LogP contribution in [-0.2, 0) is 0 Å². The molecule has 0 atom stereocenters. The summed E-state index contributed by atoms with van der Waals surface area (Å²) in [5.41, 5.74) is 0.205. The van der Waals surface area contributed by atoms with Gasteiger partial charge in [0.2, 0.25) is 0 Å². The molecule has 20 heavy (non-hydrogen) atoms. The van der Waals surface area contributed by atoms with E-state index in [-0.39, 0.29) is 11.3 Å². The van der Waals surface area contributed by atoms with Gasteiger partial charge in [-0.25, -0.2) is 4.98 Å². The van der Waals surface area contributed by atoms with Crippen LogP contribution in [0.5, 0.6) is 11.5 Å². The lowest BCUT2D eigenvalue weighted by molar-refractivity contribution is 0.374. The van der Waals surface area contributed by atoms with E-state index in [0.29, 0.717) is 16.7 Å². The van der Waals surface area contributed by atoms with Gasteiger partial charge < -0.3 is 20.1 Å². The molecular formula is C14H19N3O3. The minimum Gasteiger partial charge on any atom is -0.504 e. The highest BCUT2D eigenvalue weighted by molar-refractivity contribution is 5.81. The number of H-pyrrole nitrogens is 1. The van der Waals surface area contributed by atoms with Crippen LogP contribution in [-0.4, -0.2) is 35.3 Å². The van der Waals surface area contributed by atoms with Crippen molar-refractivity contribution in [2.45, 2.75) is 19.3 Å². The molecule has 6 nitrogen and oxygen atoms in total. The summed E-state index contributed by atoms with van der Waals surface area (Å²) in [4.78, 5) is 17.6. The number of hydrogen-bond acceptors (Lipinski definition) is 5. The summed E-state index contributed by atoms with van der Waals surface area (Å²) in [6.45, 7) is 2.50. The summed E-state index contributed by atoms with van der Waals surface area (Å²) in [6.07, 6.45) is 5.52. The van der Waals surface area contributed by atoms with Crippen LogP contribution in [0.15, 0.2) is 23.3 Å². The number of phenols is 1. The molecule has 1 aromatic carbocycles. The highest BCUT2D eigenvalue weighted by atomic mass is 16.5. The standard InChI is InChI=1S/C9H8N2O3.C5H11N/c1-14-8-3-6-5(2-7(8)12)9(13)11-4-10-6;1-2-4-6-5-3-1/h2-4,12H,1H3,(H,10,11,13);6H,1-5H2. The van der Waals surface area contributed by atoms with Crippen LogP contribution < -0.4 is 15.6 Å². The first-order valence-electron chi connectivity index (χ1n) is 6.67. The summed E-state index contributed by atoms with van der Waals surface area (Å²) in [6, 6.07) is 2.85. The maximum Gasteiger partial charge on any atom is 0.258 e. The lowest BCUT2D eigenvalue weighted by Gasteiger charge is -2.08. The van der Waals surface area contributed by atoms with Crippen molar-refractivity contribution in [1.29, 1.82) is 0 Å². The summed E-state index contributed by atoms with van der Waals surface area (Å²) in [5, 5.41) is 13.1. The number of methoxy groups -OCH3 is 1. The second-order valence-electron chi connectivity index (χ2n) is 4.58. The zero-order chi connectivity index (χ0) is 14.4. The smallest absolute Gasteiger partial charge is 0.258 e. The molecule has 0 unspecified atom stereocenters. The maximum absolute atomic E-state index is 11.3. The molecule has 0 aliphatic carbocycles. The largest absolute Gasteiger partial charge is 0.504 e. The molecule has 0 amide bonds. The van der Waals surface area contributed by atoms with Crippen LogP contribution >= 0.6 is 0 Å². The van der Waals surface area contributed by atoms with Gasteiger partial charge in [0.1, 0.15) is 0 Å². The number of benzene rings is 1. The molecule has 0 radical (unpaired) electrons. The number of ether oxygens (including phenoxy) is 1. The molecule has 6 heteroatoms. The van der Waals surface area contributed by atoms with Crippen molar-refractivity contribution in [3.05, 3.63) is 28.8 Å². The second kappa shape index (κ2) is 6.91. The fraction of sp³-hybridized carbons (Fsp3) is 0.429. The summed E-state index contributed by atoms with van der Waals surface area (Å²) >= 11 is 0. The molecule has 3 rings (SSSR count). The number of aromatic hydroxyl groups is 1. The van der Waals surface area contributed by atoms with Gasteiger partial charge in [-0.3, -0.25) is 4.79 Å². The Bertz CT molecular complexity index is 609. The Morgan fingerprint density at radius 2 is 2.00 bits per heavy atom. The number of fused-ring (bicyclic) bond motifs is 1. The highest BCUT2D eigenvalue weighted by Crippen LogP contribution is 2.28. The van der Waals surface area contributed by atoms with Gasteiger partial charge in [-0.1, -0.05) is 6.42 Å². The number of phenolic OH excluding ortho intramolecular Hbond substituents is 1. The SMILES string of the molecule is C1CCNCC1.COc1cc2nc[nH]c(=O)c2cc1O. The number of nitrogens with zero attached hydrogens (tertiary/aromatic N) is 1. The van der Waals surface area contributed by atoms with Crippen molar-refractivity contribution < 1.29 is 9.84 Å².